The Balaban J connectivity index is 1.86. The molecule has 0 aromatic heterocycles. The van der Waals surface area contributed by atoms with Crippen LogP contribution in [0.2, 0.25) is 0 Å². The normalized spacial score (nSPS) is 20.9. The molecule has 0 bridgehead atoms. The molecule has 7 nitrogen and oxygen atoms in total. The van der Waals surface area contributed by atoms with Crippen molar-refractivity contribution >= 4 is 23.6 Å². The van der Waals surface area contributed by atoms with E-state index in [0.29, 0.717) is 37.5 Å². The molecule has 1 aromatic carbocycles. The van der Waals surface area contributed by atoms with Gasteiger partial charge in [-0.25, -0.2) is 14.0 Å². The molecule has 0 radical (unpaired) electrons. The molecule has 27 heavy (non-hydrogen) atoms. The lowest BCUT2D eigenvalue weighted by atomic mass is 9.85. The van der Waals surface area contributed by atoms with E-state index in [-0.39, 0.29) is 12.1 Å². The quantitative estimate of drug-likeness (QED) is 0.818. The molecule has 0 saturated carbocycles. The first-order valence-corrected chi connectivity index (χ1v) is 8.98. The van der Waals surface area contributed by atoms with Crippen LogP contribution in [0.4, 0.5) is 19.7 Å². The summed E-state index contributed by atoms with van der Waals surface area (Å²) in [6, 6.07) is 5.60. The number of carbonyl (C=O) groups is 2. The van der Waals surface area contributed by atoms with Gasteiger partial charge in [-0.1, -0.05) is 6.07 Å². The fourth-order valence-electron chi connectivity index (χ4n) is 3.66. The number of urea groups is 1. The Hall–Kier alpha value is -2.64. The maximum atomic E-state index is 13.7. The monoisotopic (exact) mass is 376 g/mol. The van der Waals surface area contributed by atoms with Crippen molar-refractivity contribution in [3.05, 3.63) is 30.1 Å². The Kier molecular flexibility index (Phi) is 4.84. The van der Waals surface area contributed by atoms with E-state index in [0.717, 1.165) is 0 Å². The largest absolute Gasteiger partial charge is 0.444 e. The summed E-state index contributed by atoms with van der Waals surface area (Å²) in [5.74, 6) is 0.129. The smallest absolute Gasteiger partial charge is 0.410 e. The van der Waals surface area contributed by atoms with Crippen LogP contribution in [-0.4, -0.2) is 54.1 Å². The highest BCUT2D eigenvalue weighted by atomic mass is 19.1. The number of ether oxygens (including phenoxy) is 1. The standard InChI is InChI=1S/C19H25FN4O3/c1-18(2,3)27-17(26)23-10-8-19(9-11-23)15(21-4)22-16(25)24(19)14-7-5-6-13(20)12-14/h5-7,12H,8-11H2,1-4H3,(H,21,22,25). The highest BCUT2D eigenvalue weighted by Gasteiger charge is 2.53. The number of benzene rings is 1. The maximum Gasteiger partial charge on any atom is 0.410 e. The summed E-state index contributed by atoms with van der Waals surface area (Å²) in [7, 11) is 1.62. The van der Waals surface area contributed by atoms with E-state index in [2.05, 4.69) is 10.3 Å². The van der Waals surface area contributed by atoms with Crippen molar-refractivity contribution in [2.45, 2.75) is 44.8 Å². The van der Waals surface area contributed by atoms with Crippen molar-refractivity contribution < 1.29 is 18.7 Å². The van der Waals surface area contributed by atoms with E-state index in [1.807, 2.05) is 20.8 Å². The molecule has 2 aliphatic heterocycles. The van der Waals surface area contributed by atoms with Crippen molar-refractivity contribution in [3.63, 3.8) is 0 Å². The second kappa shape index (κ2) is 6.83. The molecule has 1 aromatic rings. The number of amides is 3. The zero-order valence-electron chi connectivity index (χ0n) is 16.1. The molecule has 3 amide bonds. The van der Waals surface area contributed by atoms with Gasteiger partial charge in [-0.2, -0.15) is 0 Å². The molecule has 0 aliphatic carbocycles. The first-order chi connectivity index (χ1) is 12.7. The van der Waals surface area contributed by atoms with Gasteiger partial charge in [0.1, 0.15) is 22.8 Å². The minimum absolute atomic E-state index is 0.341. The summed E-state index contributed by atoms with van der Waals surface area (Å²) in [6.07, 6.45) is 0.587. The molecule has 2 fully saturated rings. The lowest BCUT2D eigenvalue weighted by Crippen LogP contribution is -2.58. The number of hydrogen-bond donors (Lipinski definition) is 1. The average Bonchev–Trinajstić information content (AvgIpc) is 2.85. The van der Waals surface area contributed by atoms with Gasteiger partial charge in [-0.15, -0.1) is 0 Å². The highest BCUT2D eigenvalue weighted by Crippen LogP contribution is 2.38. The van der Waals surface area contributed by atoms with E-state index in [9.17, 15) is 14.0 Å². The van der Waals surface area contributed by atoms with Crippen molar-refractivity contribution in [2.24, 2.45) is 4.99 Å². The van der Waals surface area contributed by atoms with Crippen molar-refractivity contribution in [2.75, 3.05) is 25.0 Å². The number of carbonyl (C=O) groups excluding carboxylic acids is 2. The first kappa shape index (κ1) is 19.1. The topological polar surface area (TPSA) is 74.2 Å². The average molecular weight is 376 g/mol. The number of hydrogen-bond acceptors (Lipinski definition) is 4. The zero-order chi connectivity index (χ0) is 19.8. The van der Waals surface area contributed by atoms with Crippen LogP contribution in [0.1, 0.15) is 33.6 Å². The Morgan fingerprint density at radius 3 is 2.52 bits per heavy atom. The van der Waals surface area contributed by atoms with Crippen LogP contribution in [0.25, 0.3) is 0 Å². The SMILES string of the molecule is CN=C1NC(=O)N(c2cccc(F)c2)C12CCN(C(=O)OC(C)(C)C)CC2. The van der Waals surface area contributed by atoms with Crippen molar-refractivity contribution in [1.82, 2.24) is 10.2 Å². The van der Waals surface area contributed by atoms with Gasteiger partial charge in [0.2, 0.25) is 0 Å². The van der Waals surface area contributed by atoms with Gasteiger partial charge in [0.15, 0.2) is 0 Å². The predicted molar refractivity (Wildman–Crippen MR) is 101 cm³/mol. The minimum atomic E-state index is -0.724. The molecule has 2 saturated heterocycles. The third kappa shape index (κ3) is 3.61. The number of anilines is 1. The van der Waals surface area contributed by atoms with E-state index in [1.54, 1.807) is 29.0 Å². The highest BCUT2D eigenvalue weighted by molar-refractivity contribution is 6.19. The van der Waals surface area contributed by atoms with Gasteiger partial charge >= 0.3 is 12.1 Å². The van der Waals surface area contributed by atoms with Gasteiger partial charge in [0.25, 0.3) is 0 Å². The van der Waals surface area contributed by atoms with Crippen LogP contribution in [0.5, 0.6) is 0 Å². The zero-order valence-corrected chi connectivity index (χ0v) is 16.1. The fraction of sp³-hybridized carbons (Fsp3) is 0.526. The molecule has 0 unspecified atom stereocenters. The second-order valence-corrected chi connectivity index (χ2v) is 7.82. The Bertz CT molecular complexity index is 779. The number of halogens is 1. The minimum Gasteiger partial charge on any atom is -0.444 e. The number of aliphatic imine (C=N–C) groups is 1. The molecule has 2 aliphatic rings. The van der Waals surface area contributed by atoms with Crippen molar-refractivity contribution in [3.8, 4) is 0 Å². The molecule has 1 spiro atoms. The Morgan fingerprint density at radius 2 is 1.96 bits per heavy atom. The van der Waals surface area contributed by atoms with E-state index in [4.69, 9.17) is 4.74 Å². The number of rotatable bonds is 1. The molecule has 8 heteroatoms. The predicted octanol–water partition coefficient (Wildman–Crippen LogP) is 3.15. The number of likely N-dealkylation sites (tertiary alicyclic amines) is 1. The fourth-order valence-corrected chi connectivity index (χ4v) is 3.66. The number of nitrogens with one attached hydrogen (secondary N) is 1. The van der Waals surface area contributed by atoms with Crippen LogP contribution in [0.3, 0.4) is 0 Å². The number of nitrogens with zero attached hydrogens (tertiary/aromatic N) is 3. The van der Waals surface area contributed by atoms with Gasteiger partial charge in [-0.3, -0.25) is 15.2 Å². The van der Waals surface area contributed by atoms with Gasteiger partial charge < -0.3 is 9.64 Å². The van der Waals surface area contributed by atoms with Crippen molar-refractivity contribution in [1.29, 1.82) is 0 Å². The lowest BCUT2D eigenvalue weighted by molar-refractivity contribution is 0.0193. The third-order valence-corrected chi connectivity index (χ3v) is 4.83. The van der Waals surface area contributed by atoms with Gasteiger partial charge in [0, 0.05) is 25.8 Å². The molecule has 3 rings (SSSR count). The molecule has 1 N–H and O–H groups in total. The second-order valence-electron chi connectivity index (χ2n) is 7.82. The summed E-state index contributed by atoms with van der Waals surface area (Å²) < 4.78 is 19.2. The van der Waals surface area contributed by atoms with Crippen LogP contribution >= 0.6 is 0 Å². The Morgan fingerprint density at radius 1 is 1.30 bits per heavy atom. The summed E-state index contributed by atoms with van der Waals surface area (Å²) in [4.78, 5) is 32.4. The molecule has 2 heterocycles. The summed E-state index contributed by atoms with van der Waals surface area (Å²) in [6.45, 7) is 6.29. The third-order valence-electron chi connectivity index (χ3n) is 4.83. The van der Waals surface area contributed by atoms with Gasteiger partial charge in [0.05, 0.1) is 0 Å². The molecular weight excluding hydrogens is 351 g/mol. The number of piperidine rings is 1. The number of amidine groups is 1. The Labute approximate surface area is 158 Å². The molecular formula is C19H25FN4O3. The summed E-state index contributed by atoms with van der Waals surface area (Å²) in [5.41, 5.74) is -0.823. The van der Waals surface area contributed by atoms with E-state index in [1.165, 1.54) is 12.1 Å². The van der Waals surface area contributed by atoms with E-state index < -0.39 is 17.0 Å². The van der Waals surface area contributed by atoms with Gasteiger partial charge in [-0.05, 0) is 51.8 Å². The molecule has 146 valence electrons. The van der Waals surface area contributed by atoms with Crippen LogP contribution in [0.15, 0.2) is 29.3 Å². The summed E-state index contributed by atoms with van der Waals surface area (Å²) >= 11 is 0. The maximum absolute atomic E-state index is 13.7. The first-order valence-electron chi connectivity index (χ1n) is 8.98. The molecule has 0 atom stereocenters. The van der Waals surface area contributed by atoms with Crippen LogP contribution in [-0.2, 0) is 4.74 Å². The summed E-state index contributed by atoms with van der Waals surface area (Å²) in [5, 5.41) is 2.79. The lowest BCUT2D eigenvalue weighted by Gasteiger charge is -2.43. The van der Waals surface area contributed by atoms with Crippen LogP contribution < -0.4 is 10.2 Å². The van der Waals surface area contributed by atoms with E-state index >= 15 is 0 Å². The van der Waals surface area contributed by atoms with Crippen LogP contribution in [0, 0.1) is 5.82 Å².